The van der Waals surface area contributed by atoms with Crippen molar-refractivity contribution in [1.82, 2.24) is 15.5 Å². The summed E-state index contributed by atoms with van der Waals surface area (Å²) >= 11 is 0. The second-order valence-electron chi connectivity index (χ2n) is 5.40. The van der Waals surface area contributed by atoms with E-state index in [4.69, 9.17) is 4.52 Å². The van der Waals surface area contributed by atoms with Crippen LogP contribution in [0.4, 0.5) is 14.9 Å². The Hall–Kier alpha value is -3.22. The Labute approximate surface area is 144 Å². The topological polar surface area (TPSA) is 80.0 Å². The summed E-state index contributed by atoms with van der Waals surface area (Å²) in [7, 11) is 0. The first kappa shape index (κ1) is 16.6. The van der Waals surface area contributed by atoms with E-state index in [1.807, 2.05) is 6.92 Å². The van der Waals surface area contributed by atoms with Crippen molar-refractivity contribution >= 4 is 11.7 Å². The van der Waals surface area contributed by atoms with Crippen molar-refractivity contribution in [3.05, 3.63) is 54.3 Å². The second-order valence-corrected chi connectivity index (χ2v) is 5.40. The standard InChI is InChI=1S/C18H17FN4O2/c1-2-9-20-18(24)21-15-8-4-5-12(11-15)16-22-17(25-23-16)13-6-3-7-14(19)10-13/h3-8,10-11H,2,9H2,1H3,(H2,20,21,24). The second kappa shape index (κ2) is 7.57. The molecule has 2 amide bonds. The lowest BCUT2D eigenvalue weighted by atomic mass is 10.2. The molecule has 3 rings (SSSR count). The summed E-state index contributed by atoms with van der Waals surface area (Å²) < 4.78 is 18.5. The molecule has 0 aliphatic heterocycles. The van der Waals surface area contributed by atoms with Crippen molar-refractivity contribution in [2.75, 3.05) is 11.9 Å². The number of hydrogen-bond acceptors (Lipinski definition) is 4. The number of nitrogens with one attached hydrogen (secondary N) is 2. The molecule has 0 bridgehead atoms. The van der Waals surface area contributed by atoms with Crippen molar-refractivity contribution in [3.63, 3.8) is 0 Å². The number of benzene rings is 2. The number of carbonyl (C=O) groups excluding carboxylic acids is 1. The van der Waals surface area contributed by atoms with Crippen LogP contribution >= 0.6 is 0 Å². The lowest BCUT2D eigenvalue weighted by Crippen LogP contribution is -2.29. The lowest BCUT2D eigenvalue weighted by Gasteiger charge is -2.07. The normalized spacial score (nSPS) is 10.5. The predicted molar refractivity (Wildman–Crippen MR) is 92.4 cm³/mol. The van der Waals surface area contributed by atoms with E-state index in [0.717, 1.165) is 6.42 Å². The van der Waals surface area contributed by atoms with E-state index < -0.39 is 0 Å². The molecule has 0 atom stereocenters. The highest BCUT2D eigenvalue weighted by atomic mass is 19.1. The molecule has 128 valence electrons. The molecule has 0 aliphatic carbocycles. The first-order chi connectivity index (χ1) is 12.2. The van der Waals surface area contributed by atoms with Crippen LogP contribution in [0.3, 0.4) is 0 Å². The quantitative estimate of drug-likeness (QED) is 0.733. The number of hydrogen-bond donors (Lipinski definition) is 2. The molecule has 25 heavy (non-hydrogen) atoms. The minimum atomic E-state index is -0.374. The zero-order chi connectivity index (χ0) is 17.6. The summed E-state index contributed by atoms with van der Waals surface area (Å²) in [5.41, 5.74) is 1.80. The molecule has 0 unspecified atom stereocenters. The van der Waals surface area contributed by atoms with Crippen molar-refractivity contribution in [1.29, 1.82) is 0 Å². The first-order valence-corrected chi connectivity index (χ1v) is 7.90. The highest BCUT2D eigenvalue weighted by Crippen LogP contribution is 2.24. The Kier molecular flexibility index (Phi) is 5.03. The number of rotatable bonds is 5. The SMILES string of the molecule is CCCNC(=O)Nc1cccc(-c2noc(-c3cccc(F)c3)n2)c1. The van der Waals surface area contributed by atoms with E-state index in [1.165, 1.54) is 12.1 Å². The maximum Gasteiger partial charge on any atom is 0.319 e. The van der Waals surface area contributed by atoms with E-state index in [1.54, 1.807) is 36.4 Å². The van der Waals surface area contributed by atoms with Gasteiger partial charge in [-0.1, -0.05) is 30.3 Å². The van der Waals surface area contributed by atoms with Crippen LogP contribution < -0.4 is 10.6 Å². The average molecular weight is 340 g/mol. The van der Waals surface area contributed by atoms with E-state index >= 15 is 0 Å². The Morgan fingerprint density at radius 2 is 1.96 bits per heavy atom. The Bertz CT molecular complexity index is 879. The molecule has 7 heteroatoms. The average Bonchev–Trinajstić information content (AvgIpc) is 3.10. The van der Waals surface area contributed by atoms with E-state index in [0.29, 0.717) is 29.2 Å². The summed E-state index contributed by atoms with van der Waals surface area (Å²) in [5.74, 6) is 0.215. The highest BCUT2D eigenvalue weighted by Gasteiger charge is 2.12. The van der Waals surface area contributed by atoms with E-state index in [2.05, 4.69) is 20.8 Å². The molecule has 1 heterocycles. The summed E-state index contributed by atoms with van der Waals surface area (Å²) in [6, 6.07) is 12.8. The van der Waals surface area contributed by atoms with Gasteiger partial charge in [0.2, 0.25) is 5.82 Å². The van der Waals surface area contributed by atoms with Crippen molar-refractivity contribution in [3.8, 4) is 22.8 Å². The van der Waals surface area contributed by atoms with Gasteiger partial charge in [0.05, 0.1) is 0 Å². The molecule has 0 radical (unpaired) electrons. The molecule has 1 aromatic heterocycles. The zero-order valence-electron chi connectivity index (χ0n) is 13.6. The molecule has 3 aromatic rings. The van der Waals surface area contributed by atoms with Gasteiger partial charge in [-0.15, -0.1) is 0 Å². The predicted octanol–water partition coefficient (Wildman–Crippen LogP) is 4.07. The van der Waals surface area contributed by atoms with Crippen LogP contribution in [0.5, 0.6) is 0 Å². The monoisotopic (exact) mass is 340 g/mol. The van der Waals surface area contributed by atoms with Gasteiger partial charge in [-0.05, 0) is 36.8 Å². The molecule has 0 saturated heterocycles. The van der Waals surface area contributed by atoms with Gasteiger partial charge in [0.1, 0.15) is 5.82 Å². The van der Waals surface area contributed by atoms with Gasteiger partial charge in [0.15, 0.2) is 0 Å². The molecule has 2 aromatic carbocycles. The third-order valence-electron chi connectivity index (χ3n) is 3.41. The highest BCUT2D eigenvalue weighted by molar-refractivity contribution is 5.89. The van der Waals surface area contributed by atoms with Crippen LogP contribution in [-0.4, -0.2) is 22.7 Å². The largest absolute Gasteiger partial charge is 0.338 e. The van der Waals surface area contributed by atoms with Crippen LogP contribution in [0, 0.1) is 5.82 Å². The van der Waals surface area contributed by atoms with Crippen LogP contribution in [0.1, 0.15) is 13.3 Å². The van der Waals surface area contributed by atoms with Crippen molar-refractivity contribution in [2.24, 2.45) is 0 Å². The zero-order valence-corrected chi connectivity index (χ0v) is 13.6. The Balaban J connectivity index is 1.78. The number of anilines is 1. The van der Waals surface area contributed by atoms with Crippen LogP contribution in [0.2, 0.25) is 0 Å². The summed E-state index contributed by atoms with van der Waals surface area (Å²) in [6.07, 6.45) is 0.860. The van der Waals surface area contributed by atoms with Gasteiger partial charge in [-0.3, -0.25) is 0 Å². The van der Waals surface area contributed by atoms with Gasteiger partial charge in [0, 0.05) is 23.4 Å². The fourth-order valence-electron chi connectivity index (χ4n) is 2.23. The molecule has 6 nitrogen and oxygen atoms in total. The molecular weight excluding hydrogens is 323 g/mol. The number of carbonyl (C=O) groups is 1. The molecule has 0 saturated carbocycles. The summed E-state index contributed by atoms with van der Waals surface area (Å²) in [4.78, 5) is 16.0. The molecule has 2 N–H and O–H groups in total. The molecule has 0 spiro atoms. The number of aromatic nitrogens is 2. The fraction of sp³-hybridized carbons (Fsp3) is 0.167. The van der Waals surface area contributed by atoms with Gasteiger partial charge in [-0.25, -0.2) is 9.18 Å². The van der Waals surface area contributed by atoms with Gasteiger partial charge in [-0.2, -0.15) is 4.98 Å². The number of nitrogens with zero attached hydrogens (tertiary/aromatic N) is 2. The minimum absolute atomic E-state index is 0.230. The third kappa shape index (κ3) is 4.20. The van der Waals surface area contributed by atoms with Gasteiger partial charge in [0.25, 0.3) is 5.89 Å². The van der Waals surface area contributed by atoms with Gasteiger partial charge < -0.3 is 15.2 Å². The maximum atomic E-state index is 13.3. The fourth-order valence-corrected chi connectivity index (χ4v) is 2.23. The third-order valence-corrected chi connectivity index (χ3v) is 3.41. The van der Waals surface area contributed by atoms with Crippen molar-refractivity contribution < 1.29 is 13.7 Å². The Morgan fingerprint density at radius 1 is 1.16 bits per heavy atom. The lowest BCUT2D eigenvalue weighted by molar-refractivity contribution is 0.252. The number of urea groups is 1. The summed E-state index contributed by atoms with van der Waals surface area (Å²) in [5, 5.41) is 9.41. The minimum Gasteiger partial charge on any atom is -0.338 e. The summed E-state index contributed by atoms with van der Waals surface area (Å²) in [6.45, 7) is 2.58. The number of amides is 2. The van der Waals surface area contributed by atoms with Gasteiger partial charge >= 0.3 is 6.03 Å². The van der Waals surface area contributed by atoms with E-state index in [-0.39, 0.29) is 17.7 Å². The van der Waals surface area contributed by atoms with Crippen molar-refractivity contribution in [2.45, 2.75) is 13.3 Å². The Morgan fingerprint density at radius 3 is 2.76 bits per heavy atom. The smallest absolute Gasteiger partial charge is 0.319 e. The van der Waals surface area contributed by atoms with Crippen LogP contribution in [-0.2, 0) is 0 Å². The molecule has 0 fully saturated rings. The molecule has 0 aliphatic rings. The maximum absolute atomic E-state index is 13.3. The van der Waals surface area contributed by atoms with Crippen LogP contribution in [0.15, 0.2) is 53.1 Å². The van der Waals surface area contributed by atoms with Crippen LogP contribution in [0.25, 0.3) is 22.8 Å². The first-order valence-electron chi connectivity index (χ1n) is 7.90. The number of halogens is 1. The molecular formula is C18H17FN4O2. The van der Waals surface area contributed by atoms with E-state index in [9.17, 15) is 9.18 Å².